The van der Waals surface area contributed by atoms with Gasteiger partial charge in [-0.25, -0.2) is 0 Å². The van der Waals surface area contributed by atoms with E-state index in [4.69, 9.17) is 4.74 Å². The van der Waals surface area contributed by atoms with Gasteiger partial charge in [0.1, 0.15) is 0 Å². The first kappa shape index (κ1) is 42.2. The first-order valence-electron chi connectivity index (χ1n) is 19.6. The van der Waals surface area contributed by atoms with Crippen molar-refractivity contribution in [2.24, 2.45) is 10.8 Å². The van der Waals surface area contributed by atoms with Crippen molar-refractivity contribution in [3.05, 3.63) is 134 Å². The summed E-state index contributed by atoms with van der Waals surface area (Å²) in [5, 5.41) is 0.254. The van der Waals surface area contributed by atoms with Gasteiger partial charge in [0.25, 0.3) is 0 Å². The number of rotatable bonds is 17. The van der Waals surface area contributed by atoms with Crippen molar-refractivity contribution in [2.45, 2.75) is 134 Å². The predicted molar refractivity (Wildman–Crippen MR) is 223 cm³/mol. The highest BCUT2D eigenvalue weighted by Gasteiger charge is 2.45. The third kappa shape index (κ3) is 8.71. The third-order valence-electron chi connectivity index (χ3n) is 12.7. The van der Waals surface area contributed by atoms with Gasteiger partial charge in [0, 0.05) is 16.4 Å². The van der Waals surface area contributed by atoms with E-state index in [0.717, 1.165) is 46.2 Å². The van der Waals surface area contributed by atoms with Gasteiger partial charge >= 0.3 is 0 Å². The predicted octanol–water partition coefficient (Wildman–Crippen LogP) is 13.0. The second kappa shape index (κ2) is 17.3. The monoisotopic (exact) mass is 734 g/mol. The normalized spacial score (nSPS) is 13.8. The molecule has 5 heteroatoms. The highest BCUT2D eigenvalue weighted by atomic mass is 31.2. The lowest BCUT2D eigenvalue weighted by molar-refractivity contribution is 0.103. The Labute approximate surface area is 320 Å². The summed E-state index contributed by atoms with van der Waals surface area (Å²) in [4.78, 5) is 29.3. The SMILES string of the molecule is CCC(C)(CC)CC(c1ccc(COCc2c(C)cc(C)c(C(=O)P(=O)(C(=O)c3c(C)cc(C)cc3C)c3ccccc3)c2C)cc1)C(C)(CC)CC. The van der Waals surface area contributed by atoms with E-state index < -0.39 is 18.2 Å². The van der Waals surface area contributed by atoms with Gasteiger partial charge in [0.15, 0.2) is 0 Å². The molecule has 0 N–H and O–H groups in total. The minimum atomic E-state index is -4.30. The summed E-state index contributed by atoms with van der Waals surface area (Å²) in [6.07, 6.45) is 5.80. The topological polar surface area (TPSA) is 60.4 Å². The van der Waals surface area contributed by atoms with Crippen molar-refractivity contribution in [3.63, 3.8) is 0 Å². The number of carbonyl (C=O) groups is 2. The molecule has 284 valence electrons. The van der Waals surface area contributed by atoms with Crippen molar-refractivity contribution in [1.82, 2.24) is 0 Å². The van der Waals surface area contributed by atoms with Crippen molar-refractivity contribution in [2.75, 3.05) is 0 Å². The molecule has 4 aromatic rings. The minimum absolute atomic E-state index is 0.228. The molecule has 0 saturated carbocycles. The lowest BCUT2D eigenvalue weighted by Crippen LogP contribution is -2.30. The molecule has 0 bridgehead atoms. The number of aryl methyl sites for hydroxylation is 5. The highest BCUT2D eigenvalue weighted by Crippen LogP contribution is 2.53. The molecule has 0 aliphatic rings. The van der Waals surface area contributed by atoms with Gasteiger partial charge in [-0.15, -0.1) is 0 Å². The van der Waals surface area contributed by atoms with Gasteiger partial charge in [-0.3, -0.25) is 9.59 Å². The zero-order chi connectivity index (χ0) is 39.3. The average molecular weight is 735 g/mol. The zero-order valence-electron chi connectivity index (χ0n) is 34.5. The van der Waals surface area contributed by atoms with Gasteiger partial charge < -0.3 is 9.30 Å². The lowest BCUT2D eigenvalue weighted by atomic mass is 9.63. The summed E-state index contributed by atoms with van der Waals surface area (Å²) in [6.45, 7) is 26.3. The molecule has 2 unspecified atom stereocenters. The van der Waals surface area contributed by atoms with E-state index in [2.05, 4.69) is 65.8 Å². The molecule has 4 aromatic carbocycles. The van der Waals surface area contributed by atoms with Crippen LogP contribution in [0.25, 0.3) is 0 Å². The fourth-order valence-electron chi connectivity index (χ4n) is 8.23. The second-order valence-electron chi connectivity index (χ2n) is 16.2. The van der Waals surface area contributed by atoms with Crippen LogP contribution >= 0.6 is 7.14 Å². The van der Waals surface area contributed by atoms with E-state index >= 15 is 4.57 Å². The zero-order valence-corrected chi connectivity index (χ0v) is 35.4. The molecule has 0 radical (unpaired) electrons. The van der Waals surface area contributed by atoms with Crippen molar-refractivity contribution in [3.8, 4) is 0 Å². The fourth-order valence-corrected chi connectivity index (χ4v) is 10.8. The molecule has 0 fully saturated rings. The van der Waals surface area contributed by atoms with Crippen LogP contribution in [0.1, 0.15) is 150 Å². The maximum Gasteiger partial charge on any atom is 0.248 e. The van der Waals surface area contributed by atoms with Crippen LogP contribution in [0.3, 0.4) is 0 Å². The Balaban J connectivity index is 1.65. The first-order chi connectivity index (χ1) is 25.0. The van der Waals surface area contributed by atoms with Crippen LogP contribution in [-0.4, -0.2) is 11.0 Å². The van der Waals surface area contributed by atoms with E-state index in [1.807, 2.05) is 59.7 Å². The van der Waals surface area contributed by atoms with Crippen LogP contribution in [-0.2, 0) is 22.5 Å². The average Bonchev–Trinajstić information content (AvgIpc) is 3.14. The molecular weight excluding hydrogens is 671 g/mol. The molecular formula is C48H63O4P. The number of carbonyl (C=O) groups excluding carboxylic acids is 2. The highest BCUT2D eigenvalue weighted by molar-refractivity contribution is 8.01. The molecule has 0 aromatic heterocycles. The Kier molecular flexibility index (Phi) is 13.7. The van der Waals surface area contributed by atoms with Crippen LogP contribution in [0.5, 0.6) is 0 Å². The molecule has 4 nitrogen and oxygen atoms in total. The smallest absolute Gasteiger partial charge is 0.248 e. The molecule has 0 spiro atoms. The molecule has 2 atom stereocenters. The molecule has 0 heterocycles. The van der Waals surface area contributed by atoms with Crippen molar-refractivity contribution < 1.29 is 18.9 Å². The summed E-state index contributed by atoms with van der Waals surface area (Å²) >= 11 is 0. The summed E-state index contributed by atoms with van der Waals surface area (Å²) < 4.78 is 21.6. The summed E-state index contributed by atoms with van der Waals surface area (Å²) in [6, 6.07) is 23.3. The number of hydrogen-bond donors (Lipinski definition) is 0. The maximum atomic E-state index is 15.3. The molecule has 53 heavy (non-hydrogen) atoms. The largest absolute Gasteiger partial charge is 0.372 e. The Morgan fingerprint density at radius 1 is 0.660 bits per heavy atom. The molecule has 0 aliphatic carbocycles. The minimum Gasteiger partial charge on any atom is -0.372 e. The Hall–Kier alpha value is -3.59. The van der Waals surface area contributed by atoms with E-state index in [0.29, 0.717) is 40.2 Å². The molecule has 4 rings (SSSR count). The van der Waals surface area contributed by atoms with E-state index in [1.165, 1.54) is 24.8 Å². The lowest BCUT2D eigenvalue weighted by Gasteiger charge is -2.42. The van der Waals surface area contributed by atoms with E-state index in [1.54, 1.807) is 30.3 Å². The van der Waals surface area contributed by atoms with Crippen LogP contribution in [0.15, 0.2) is 72.8 Å². The maximum absolute atomic E-state index is 15.3. The Bertz CT molecular complexity index is 1940. The standard InChI is InChI=1S/C48H63O4P/c1-13-47(11,14-2)29-42(48(12,15-3)16-4)39-24-22-38(23-25-39)30-52-31-41-33(6)28-36(9)44(37(41)10)46(50)53(51,40-20-18-17-19-21-40)45(49)43-34(7)26-32(5)27-35(43)8/h17-28,42H,13-16,29-31H2,1-12H3. The second-order valence-corrected chi connectivity index (χ2v) is 18.7. The molecule has 0 amide bonds. The summed E-state index contributed by atoms with van der Waals surface area (Å²) in [5.74, 6) is 0.476. The van der Waals surface area contributed by atoms with Crippen molar-refractivity contribution >= 4 is 23.5 Å². The van der Waals surface area contributed by atoms with Gasteiger partial charge in [0.2, 0.25) is 18.2 Å². The van der Waals surface area contributed by atoms with Crippen LogP contribution < -0.4 is 5.30 Å². The summed E-state index contributed by atoms with van der Waals surface area (Å²) in [5.41, 5.74) is 8.23. The molecule has 0 saturated heterocycles. The van der Waals surface area contributed by atoms with Crippen LogP contribution in [0, 0.1) is 52.4 Å². The van der Waals surface area contributed by atoms with E-state index in [-0.39, 0.29) is 17.3 Å². The van der Waals surface area contributed by atoms with Crippen LogP contribution in [0.2, 0.25) is 0 Å². The molecule has 0 aliphatic heterocycles. The number of ether oxygens (including phenoxy) is 1. The number of benzene rings is 4. The quantitative estimate of drug-likeness (QED) is 0.101. The van der Waals surface area contributed by atoms with Gasteiger partial charge in [-0.1, -0.05) is 146 Å². The van der Waals surface area contributed by atoms with Gasteiger partial charge in [-0.05, 0) is 109 Å². The Morgan fingerprint density at radius 3 is 1.72 bits per heavy atom. The summed E-state index contributed by atoms with van der Waals surface area (Å²) in [7, 11) is -4.30. The van der Waals surface area contributed by atoms with E-state index in [9.17, 15) is 9.59 Å². The van der Waals surface area contributed by atoms with Crippen molar-refractivity contribution in [1.29, 1.82) is 0 Å². The Morgan fingerprint density at radius 2 is 1.19 bits per heavy atom. The van der Waals surface area contributed by atoms with Gasteiger partial charge in [0.05, 0.1) is 13.2 Å². The third-order valence-corrected chi connectivity index (χ3v) is 15.3. The van der Waals surface area contributed by atoms with Gasteiger partial charge in [-0.2, -0.15) is 0 Å². The fraction of sp³-hybridized carbons (Fsp3) is 0.458. The number of hydrogen-bond acceptors (Lipinski definition) is 4. The van der Waals surface area contributed by atoms with Crippen LogP contribution in [0.4, 0.5) is 0 Å². The first-order valence-corrected chi connectivity index (χ1v) is 21.3.